The minimum absolute atomic E-state index is 0. The number of hydrogen-bond donors (Lipinski definition) is 0. The van der Waals surface area contributed by atoms with Crippen molar-refractivity contribution in [3.05, 3.63) is 0 Å². The normalized spacial score (nSPS) is 5.40. The van der Waals surface area contributed by atoms with Crippen molar-refractivity contribution in [2.75, 3.05) is 0 Å². The predicted octanol–water partition coefficient (Wildman–Crippen LogP) is 1.75. The Hall–Kier alpha value is 1.94. The molecule has 1 unspecified atom stereocenters. The Kier molecular flexibility index (Phi) is 11.9. The van der Waals surface area contributed by atoms with E-state index in [0.29, 0.717) is 0 Å². The van der Waals surface area contributed by atoms with Crippen LogP contribution in [0.4, 0.5) is 0 Å². The SMILES string of the molecule is P.[Cl][Ga]([Cl])[Cl]. The fourth-order valence-corrected chi connectivity index (χ4v) is 0. The van der Waals surface area contributed by atoms with E-state index in [4.69, 9.17) is 28.9 Å². The molecule has 0 N–H and O–H groups in total. The quantitative estimate of drug-likeness (QED) is 0.422. The first-order valence-electron chi connectivity index (χ1n) is 0.655. The van der Waals surface area contributed by atoms with Crippen molar-refractivity contribution < 1.29 is 0 Å². The van der Waals surface area contributed by atoms with Gasteiger partial charge in [0.15, 0.2) is 0 Å². The van der Waals surface area contributed by atoms with Gasteiger partial charge in [0.05, 0.1) is 0 Å². The third-order valence-electron chi connectivity index (χ3n) is 0. The average Bonchev–Trinajstić information content (AvgIpc) is 0.811. The second kappa shape index (κ2) is 5.94. The zero-order valence-corrected chi connectivity index (χ0v) is 8.52. The van der Waals surface area contributed by atoms with Crippen molar-refractivity contribution in [3.8, 4) is 0 Å². The third-order valence-corrected chi connectivity index (χ3v) is 0. The predicted molar refractivity (Wildman–Crippen MR) is 34.4 cm³/mol. The maximum atomic E-state index is 4.99. The Morgan fingerprint density at radius 1 is 1.00 bits per heavy atom. The molecule has 0 nitrogen and oxygen atoms in total. The van der Waals surface area contributed by atoms with E-state index in [0.717, 1.165) is 0 Å². The first-order valence-corrected chi connectivity index (χ1v) is 10.2. The van der Waals surface area contributed by atoms with E-state index >= 15 is 0 Å². The summed E-state index contributed by atoms with van der Waals surface area (Å²) in [6.45, 7) is 0. The fraction of sp³-hybridized carbons (Fsp3) is 0. The van der Waals surface area contributed by atoms with E-state index in [2.05, 4.69) is 0 Å². The third kappa shape index (κ3) is 24.5. The van der Waals surface area contributed by atoms with Gasteiger partial charge in [-0.3, -0.25) is 0 Å². The number of hydrogen-bond acceptors (Lipinski definition) is 0. The van der Waals surface area contributed by atoms with Crippen molar-refractivity contribution >= 4 is 52.0 Å². The summed E-state index contributed by atoms with van der Waals surface area (Å²) in [4.78, 5) is 0. The topological polar surface area (TPSA) is 0 Å². The summed E-state index contributed by atoms with van der Waals surface area (Å²) in [5.74, 6) is 0. The molecular formula is H3Cl3GaP. The Labute approximate surface area is 51.9 Å². The molecule has 5 heavy (non-hydrogen) atoms. The molecule has 0 radical (unpaired) electrons. The average molecular weight is 210 g/mol. The molecule has 5 heteroatoms. The molecule has 32 valence electrons. The molecule has 0 saturated carbocycles. The second-order valence-electron chi connectivity index (χ2n) is 0.247. The Balaban J connectivity index is 0. The molecule has 0 amide bonds. The van der Waals surface area contributed by atoms with Crippen molar-refractivity contribution in [3.63, 3.8) is 0 Å². The van der Waals surface area contributed by atoms with E-state index in [1.54, 1.807) is 0 Å². The summed E-state index contributed by atoms with van der Waals surface area (Å²) < 4.78 is 0. The van der Waals surface area contributed by atoms with Crippen LogP contribution in [0.2, 0.25) is 0 Å². The van der Waals surface area contributed by atoms with E-state index in [-0.39, 0.29) is 9.90 Å². The van der Waals surface area contributed by atoms with Gasteiger partial charge in [0, 0.05) is 0 Å². The van der Waals surface area contributed by atoms with E-state index < -0.39 is 13.2 Å². The summed E-state index contributed by atoms with van der Waals surface area (Å²) in [5, 5.41) is 0. The van der Waals surface area contributed by atoms with Crippen LogP contribution in [0, 0.1) is 0 Å². The molecule has 0 fully saturated rings. The Bertz CT molecular complexity index is 11.6. The van der Waals surface area contributed by atoms with E-state index in [9.17, 15) is 0 Å². The van der Waals surface area contributed by atoms with E-state index in [1.165, 1.54) is 0 Å². The fourth-order valence-electron chi connectivity index (χ4n) is 0. The molecule has 0 saturated heterocycles. The van der Waals surface area contributed by atoms with Gasteiger partial charge in [-0.05, 0) is 0 Å². The molecule has 0 bridgehead atoms. The van der Waals surface area contributed by atoms with Crippen molar-refractivity contribution in [2.45, 2.75) is 0 Å². The van der Waals surface area contributed by atoms with Gasteiger partial charge in [0.1, 0.15) is 0 Å². The molecule has 1 atom stereocenters. The molecule has 0 spiro atoms. The molecule has 0 heterocycles. The Morgan fingerprint density at radius 2 is 1.00 bits per heavy atom. The van der Waals surface area contributed by atoms with Gasteiger partial charge in [0.25, 0.3) is 0 Å². The Morgan fingerprint density at radius 3 is 1.00 bits per heavy atom. The molecular weight excluding hydrogens is 207 g/mol. The summed E-state index contributed by atoms with van der Waals surface area (Å²) >= 11 is -2.06. The molecule has 0 aliphatic heterocycles. The van der Waals surface area contributed by atoms with Gasteiger partial charge < -0.3 is 0 Å². The van der Waals surface area contributed by atoms with Gasteiger partial charge in [-0.15, -0.1) is 0 Å². The molecule has 0 aromatic heterocycles. The van der Waals surface area contributed by atoms with Gasteiger partial charge in [-0.2, -0.15) is 9.90 Å². The summed E-state index contributed by atoms with van der Waals surface area (Å²) in [5.41, 5.74) is 0. The van der Waals surface area contributed by atoms with Crippen LogP contribution in [0.15, 0.2) is 0 Å². The van der Waals surface area contributed by atoms with Crippen molar-refractivity contribution in [2.24, 2.45) is 0 Å². The zero-order chi connectivity index (χ0) is 3.58. The standard InChI is InChI=1S/3ClH.Ga.H3P/h3*1H;;1H3/q;;;+3;/p-3. The number of rotatable bonds is 0. The van der Waals surface area contributed by atoms with Crippen LogP contribution >= 0.6 is 38.8 Å². The van der Waals surface area contributed by atoms with Crippen LogP contribution in [0.5, 0.6) is 0 Å². The van der Waals surface area contributed by atoms with Gasteiger partial charge >= 0.3 is 42.1 Å². The number of halogens is 3. The first-order chi connectivity index (χ1) is 1.73. The molecule has 0 aliphatic rings. The summed E-state index contributed by atoms with van der Waals surface area (Å²) in [7, 11) is 15.0. The van der Waals surface area contributed by atoms with Crippen LogP contribution in [0.3, 0.4) is 0 Å². The summed E-state index contributed by atoms with van der Waals surface area (Å²) in [6, 6.07) is 0. The summed E-state index contributed by atoms with van der Waals surface area (Å²) in [6.07, 6.45) is 0. The van der Waals surface area contributed by atoms with Crippen LogP contribution < -0.4 is 0 Å². The second-order valence-corrected chi connectivity index (χ2v) is 11.6. The molecule has 0 aromatic rings. The van der Waals surface area contributed by atoms with E-state index in [1.807, 2.05) is 0 Å². The van der Waals surface area contributed by atoms with Crippen molar-refractivity contribution in [1.82, 2.24) is 0 Å². The first kappa shape index (κ1) is 10.0. The molecule has 0 rings (SSSR count). The molecule has 0 aliphatic carbocycles. The van der Waals surface area contributed by atoms with Crippen LogP contribution in [-0.4, -0.2) is 13.2 Å². The van der Waals surface area contributed by atoms with Gasteiger partial charge in [0.2, 0.25) is 0 Å². The zero-order valence-electron chi connectivity index (χ0n) is 2.42. The van der Waals surface area contributed by atoms with Gasteiger partial charge in [-0.1, -0.05) is 0 Å². The van der Waals surface area contributed by atoms with Crippen LogP contribution in [0.25, 0.3) is 0 Å². The van der Waals surface area contributed by atoms with Crippen LogP contribution in [-0.2, 0) is 0 Å². The van der Waals surface area contributed by atoms with Crippen molar-refractivity contribution in [1.29, 1.82) is 0 Å². The minimum atomic E-state index is -2.06. The maximum absolute atomic E-state index is 4.99. The van der Waals surface area contributed by atoms with Crippen LogP contribution in [0.1, 0.15) is 0 Å². The van der Waals surface area contributed by atoms with Gasteiger partial charge in [-0.25, -0.2) is 0 Å². The monoisotopic (exact) mass is 208 g/mol. The molecule has 0 aromatic carbocycles.